The lowest BCUT2D eigenvalue weighted by molar-refractivity contribution is -0.0543. The van der Waals surface area contributed by atoms with Gasteiger partial charge >= 0.3 is 0 Å². The van der Waals surface area contributed by atoms with E-state index in [1.807, 2.05) is 34.7 Å². The van der Waals surface area contributed by atoms with Gasteiger partial charge in [0.25, 0.3) is 5.56 Å². The molecule has 0 amide bonds. The number of nitrogens with zero attached hydrogens (tertiary/aromatic N) is 3. The zero-order valence-electron chi connectivity index (χ0n) is 15.7. The molecule has 0 saturated heterocycles. The minimum atomic E-state index is -0.246. The van der Waals surface area contributed by atoms with E-state index in [0.29, 0.717) is 23.7 Å². The molecule has 1 aliphatic rings. The molecule has 28 heavy (non-hydrogen) atoms. The molecule has 0 radical (unpaired) electrons. The summed E-state index contributed by atoms with van der Waals surface area (Å²) < 4.78 is 10.2. The third-order valence-corrected chi connectivity index (χ3v) is 7.13. The van der Waals surface area contributed by atoms with Crippen molar-refractivity contribution in [1.82, 2.24) is 19.2 Å². The van der Waals surface area contributed by atoms with E-state index in [4.69, 9.17) is 17.0 Å². The van der Waals surface area contributed by atoms with Crippen molar-refractivity contribution in [2.24, 2.45) is 0 Å². The van der Waals surface area contributed by atoms with Gasteiger partial charge in [0.05, 0.1) is 24.1 Å². The van der Waals surface area contributed by atoms with Crippen molar-refractivity contribution in [3.63, 3.8) is 0 Å². The Balaban J connectivity index is 1.83. The number of hydrogen-bond donors (Lipinski definition) is 1. The molecule has 0 aliphatic carbocycles. The number of thiophene rings is 1. The summed E-state index contributed by atoms with van der Waals surface area (Å²) in [7, 11) is 0. The van der Waals surface area contributed by atoms with Gasteiger partial charge in [-0.15, -0.1) is 16.4 Å². The predicted octanol–water partition coefficient (Wildman–Crippen LogP) is 4.06. The van der Waals surface area contributed by atoms with E-state index < -0.39 is 0 Å². The van der Waals surface area contributed by atoms with Crippen LogP contribution in [0.25, 0.3) is 16.0 Å². The molecule has 0 bridgehead atoms. The lowest BCUT2D eigenvalue weighted by Gasteiger charge is -2.32. The Hall–Kier alpha value is -2.29. The van der Waals surface area contributed by atoms with Crippen LogP contribution in [-0.2, 0) is 24.3 Å². The highest BCUT2D eigenvalue weighted by Crippen LogP contribution is 2.39. The molecule has 5 rings (SSSR count). The van der Waals surface area contributed by atoms with E-state index in [-0.39, 0.29) is 11.2 Å². The Morgan fingerprint density at radius 2 is 2.14 bits per heavy atom. The van der Waals surface area contributed by atoms with Crippen molar-refractivity contribution in [2.45, 2.75) is 45.4 Å². The summed E-state index contributed by atoms with van der Waals surface area (Å²) in [5.74, 6) is 0.545. The standard InChI is InChI=1S/C20H20N4O2S2/c1-3-20(2)9-13-14(11-26-20)28-17-15(13)16(25)23(10-12-7-5-4-6-8-12)18-21-22-19(27)24(17)18/h4-8H,3,9-11H2,1-2H3,(H,22,27)/t20-/m0/s1. The predicted molar refractivity (Wildman–Crippen MR) is 113 cm³/mol. The Kier molecular flexibility index (Phi) is 4.04. The third-order valence-electron chi connectivity index (χ3n) is 5.66. The monoisotopic (exact) mass is 412 g/mol. The van der Waals surface area contributed by atoms with Gasteiger partial charge in [-0.25, -0.2) is 9.50 Å². The van der Waals surface area contributed by atoms with E-state index in [2.05, 4.69) is 24.0 Å². The summed E-state index contributed by atoms with van der Waals surface area (Å²) in [6, 6.07) is 9.95. The van der Waals surface area contributed by atoms with Gasteiger partial charge in [-0.3, -0.25) is 9.36 Å². The molecule has 1 aromatic carbocycles. The van der Waals surface area contributed by atoms with Gasteiger partial charge in [-0.2, -0.15) is 0 Å². The number of aromatic amines is 1. The maximum absolute atomic E-state index is 13.6. The first kappa shape index (κ1) is 17.8. The molecular weight excluding hydrogens is 392 g/mol. The summed E-state index contributed by atoms with van der Waals surface area (Å²) in [5, 5.41) is 7.98. The van der Waals surface area contributed by atoms with E-state index in [1.165, 1.54) is 0 Å². The highest BCUT2D eigenvalue weighted by molar-refractivity contribution is 7.71. The van der Waals surface area contributed by atoms with E-state index in [0.717, 1.165) is 39.1 Å². The van der Waals surface area contributed by atoms with Crippen LogP contribution in [0.2, 0.25) is 0 Å². The summed E-state index contributed by atoms with van der Waals surface area (Å²) >= 11 is 7.08. The van der Waals surface area contributed by atoms with Crippen LogP contribution >= 0.6 is 23.6 Å². The van der Waals surface area contributed by atoms with Crippen LogP contribution in [0.15, 0.2) is 35.1 Å². The van der Waals surface area contributed by atoms with Gasteiger partial charge in [0.1, 0.15) is 4.83 Å². The van der Waals surface area contributed by atoms with Gasteiger partial charge in [-0.1, -0.05) is 37.3 Å². The Bertz CT molecular complexity index is 1320. The average molecular weight is 413 g/mol. The van der Waals surface area contributed by atoms with E-state index >= 15 is 0 Å². The lowest BCUT2D eigenvalue weighted by Crippen LogP contribution is -2.34. The fourth-order valence-electron chi connectivity index (χ4n) is 3.86. The van der Waals surface area contributed by atoms with Gasteiger partial charge in [-0.05, 0) is 36.7 Å². The number of aromatic nitrogens is 4. The van der Waals surface area contributed by atoms with Gasteiger partial charge in [0.15, 0.2) is 0 Å². The van der Waals surface area contributed by atoms with Gasteiger partial charge < -0.3 is 4.74 Å². The third kappa shape index (κ3) is 2.59. The van der Waals surface area contributed by atoms with Crippen molar-refractivity contribution in [3.05, 3.63) is 61.5 Å². The molecule has 4 heterocycles. The van der Waals surface area contributed by atoms with Crippen molar-refractivity contribution in [2.75, 3.05) is 0 Å². The number of ether oxygens (including phenoxy) is 1. The Labute approximate surface area is 170 Å². The molecule has 0 saturated carbocycles. The molecule has 1 N–H and O–H groups in total. The number of hydrogen-bond acceptors (Lipinski definition) is 5. The first-order valence-electron chi connectivity index (χ1n) is 9.33. The topological polar surface area (TPSA) is 64.3 Å². The van der Waals surface area contributed by atoms with Crippen LogP contribution in [-0.4, -0.2) is 24.8 Å². The smallest absolute Gasteiger partial charge is 0.264 e. The molecule has 1 atom stereocenters. The van der Waals surface area contributed by atoms with Crippen LogP contribution in [0.1, 0.15) is 36.3 Å². The minimum absolute atomic E-state index is 0.0155. The van der Waals surface area contributed by atoms with Crippen molar-refractivity contribution in [3.8, 4) is 0 Å². The zero-order chi connectivity index (χ0) is 19.5. The van der Waals surface area contributed by atoms with Crippen LogP contribution in [0, 0.1) is 4.77 Å². The number of nitrogens with one attached hydrogen (secondary N) is 1. The van der Waals surface area contributed by atoms with Crippen LogP contribution < -0.4 is 5.56 Å². The Morgan fingerprint density at radius 3 is 2.89 bits per heavy atom. The first-order chi connectivity index (χ1) is 13.5. The normalized spacial score (nSPS) is 19.4. The summed E-state index contributed by atoms with van der Waals surface area (Å²) in [6.45, 7) is 5.22. The molecule has 3 aromatic heterocycles. The minimum Gasteiger partial charge on any atom is -0.369 e. The molecule has 1 aliphatic heterocycles. The van der Waals surface area contributed by atoms with Crippen molar-refractivity contribution >= 4 is 39.5 Å². The van der Waals surface area contributed by atoms with Gasteiger partial charge in [0.2, 0.25) is 10.5 Å². The quantitative estimate of drug-likeness (QED) is 0.516. The largest absolute Gasteiger partial charge is 0.369 e. The maximum atomic E-state index is 13.6. The number of fused-ring (bicyclic) bond motifs is 5. The molecule has 144 valence electrons. The number of H-pyrrole nitrogens is 1. The number of benzene rings is 1. The molecule has 8 heteroatoms. The molecule has 6 nitrogen and oxygen atoms in total. The molecular formula is C20H20N4O2S2. The summed E-state index contributed by atoms with van der Waals surface area (Å²) in [4.78, 5) is 15.6. The van der Waals surface area contributed by atoms with Crippen LogP contribution in [0.3, 0.4) is 0 Å². The second kappa shape index (κ2) is 6.37. The Morgan fingerprint density at radius 1 is 1.36 bits per heavy atom. The maximum Gasteiger partial charge on any atom is 0.264 e. The SMILES string of the molecule is CC[C@@]1(C)Cc2c(sc3c2c(=O)n(Cc2ccccc2)c2n[nH]c(=S)n32)CO1. The van der Waals surface area contributed by atoms with Crippen molar-refractivity contribution in [1.29, 1.82) is 0 Å². The van der Waals surface area contributed by atoms with Gasteiger partial charge in [0, 0.05) is 11.3 Å². The molecule has 4 aromatic rings. The lowest BCUT2D eigenvalue weighted by atomic mass is 9.90. The highest BCUT2D eigenvalue weighted by Gasteiger charge is 2.33. The zero-order valence-corrected chi connectivity index (χ0v) is 17.3. The van der Waals surface area contributed by atoms with Crippen LogP contribution in [0.4, 0.5) is 0 Å². The van der Waals surface area contributed by atoms with E-state index in [1.54, 1.807) is 15.9 Å². The molecule has 0 spiro atoms. The fraction of sp³-hybridized carbons (Fsp3) is 0.350. The summed E-state index contributed by atoms with van der Waals surface area (Å²) in [6.07, 6.45) is 1.63. The van der Waals surface area contributed by atoms with E-state index in [9.17, 15) is 4.79 Å². The first-order valence-corrected chi connectivity index (χ1v) is 10.6. The average Bonchev–Trinajstić information content (AvgIpc) is 3.26. The highest BCUT2D eigenvalue weighted by atomic mass is 32.1. The fourth-order valence-corrected chi connectivity index (χ4v) is 5.36. The second-order valence-electron chi connectivity index (χ2n) is 7.49. The number of rotatable bonds is 3. The second-order valence-corrected chi connectivity index (χ2v) is 8.96. The van der Waals surface area contributed by atoms with Crippen LogP contribution in [0.5, 0.6) is 0 Å². The van der Waals surface area contributed by atoms with Crippen molar-refractivity contribution < 1.29 is 4.74 Å². The molecule has 0 unspecified atom stereocenters. The summed E-state index contributed by atoms with van der Waals surface area (Å²) in [5.41, 5.74) is 1.89. The molecule has 0 fully saturated rings.